The third-order valence-corrected chi connectivity index (χ3v) is 4.80. The third kappa shape index (κ3) is 11.0. The minimum atomic E-state index is -2.03. The summed E-state index contributed by atoms with van der Waals surface area (Å²) in [5.74, 6) is 0.638. The van der Waals surface area contributed by atoms with Gasteiger partial charge in [-0.3, -0.25) is 9.98 Å². The second-order valence-corrected chi connectivity index (χ2v) is 7.82. The van der Waals surface area contributed by atoms with Crippen molar-refractivity contribution in [3.8, 4) is 11.5 Å². The first-order chi connectivity index (χ1) is 15.8. The van der Waals surface area contributed by atoms with E-state index in [4.69, 9.17) is 6.80 Å². The van der Waals surface area contributed by atoms with Crippen molar-refractivity contribution < 1.29 is 35.5 Å². The molecule has 0 unspecified atom stereocenters. The number of rotatable bonds is 8. The summed E-state index contributed by atoms with van der Waals surface area (Å²) in [6, 6.07) is 3.77. The summed E-state index contributed by atoms with van der Waals surface area (Å²) in [6.07, 6.45) is 8.12. The van der Waals surface area contributed by atoms with Gasteiger partial charge in [-0.05, 0) is 51.7 Å². The summed E-state index contributed by atoms with van der Waals surface area (Å²) in [5.41, 5.74) is 1.79. The predicted molar refractivity (Wildman–Crippen MR) is 125 cm³/mol. The number of aryl methyl sites for hydroxylation is 2. The quantitative estimate of drug-likeness (QED) is 0.486. The zero-order valence-corrected chi connectivity index (χ0v) is 22.9. The molecule has 0 radical (unpaired) electrons. The summed E-state index contributed by atoms with van der Waals surface area (Å²) in [4.78, 5) is 8.65. The molecule has 0 atom stereocenters. The van der Waals surface area contributed by atoms with E-state index >= 15 is 0 Å². The van der Waals surface area contributed by atoms with Crippen LogP contribution in [-0.2, 0) is 38.4 Å². The molecule has 0 bridgehead atoms. The van der Waals surface area contributed by atoms with E-state index < -0.39 is 18.5 Å². The normalized spacial score (nSPS) is 11.3. The molecule has 0 spiro atoms. The SMILES string of the molecule is CCCN=c1ccn(CCC)c(C)c1O.CCCN=c1ccn(CCC)c(C)c1O.[O]=[Mo]=[O]. The Bertz CT molecular complexity index is 931. The first kappa shape index (κ1) is 30.8. The second kappa shape index (κ2) is 18.2. The Morgan fingerprint density at radius 3 is 1.33 bits per heavy atom. The van der Waals surface area contributed by atoms with Crippen LogP contribution in [0, 0.1) is 13.8 Å². The number of nitrogens with zero attached hydrogens (tertiary/aromatic N) is 4. The van der Waals surface area contributed by atoms with Crippen LogP contribution in [0.5, 0.6) is 11.5 Å². The van der Waals surface area contributed by atoms with Crippen molar-refractivity contribution in [2.45, 2.75) is 80.3 Å². The van der Waals surface area contributed by atoms with Crippen LogP contribution in [0.4, 0.5) is 0 Å². The average Bonchev–Trinajstić information content (AvgIpc) is 2.80. The van der Waals surface area contributed by atoms with Gasteiger partial charge in [0, 0.05) is 38.6 Å². The molecule has 0 aliphatic rings. The van der Waals surface area contributed by atoms with E-state index in [2.05, 4.69) is 46.8 Å². The van der Waals surface area contributed by atoms with Gasteiger partial charge in [0.15, 0.2) is 11.5 Å². The minimum absolute atomic E-state index is 0.319. The zero-order valence-electron chi connectivity index (χ0n) is 20.9. The van der Waals surface area contributed by atoms with Gasteiger partial charge in [0.1, 0.15) is 10.7 Å². The van der Waals surface area contributed by atoms with E-state index in [1.54, 1.807) is 0 Å². The molecule has 0 saturated heterocycles. The van der Waals surface area contributed by atoms with E-state index in [1.807, 2.05) is 38.4 Å². The van der Waals surface area contributed by atoms with Crippen molar-refractivity contribution >= 4 is 0 Å². The number of aromatic nitrogens is 2. The molecule has 2 N–H and O–H groups in total. The Hall–Kier alpha value is -2.21. The van der Waals surface area contributed by atoms with Gasteiger partial charge in [-0.15, -0.1) is 0 Å². The Morgan fingerprint density at radius 2 is 1.06 bits per heavy atom. The molecule has 9 heteroatoms. The third-order valence-electron chi connectivity index (χ3n) is 4.80. The summed E-state index contributed by atoms with van der Waals surface area (Å²) < 4.78 is 21.1. The number of aromatic hydroxyl groups is 2. The fourth-order valence-electron chi connectivity index (χ4n) is 3.03. The van der Waals surface area contributed by atoms with Crippen LogP contribution in [0.2, 0.25) is 0 Å². The average molecular weight is 545 g/mol. The fourth-order valence-corrected chi connectivity index (χ4v) is 3.03. The Labute approximate surface area is 205 Å². The van der Waals surface area contributed by atoms with Crippen LogP contribution in [0.3, 0.4) is 0 Å². The van der Waals surface area contributed by atoms with Crippen LogP contribution in [0.15, 0.2) is 34.5 Å². The van der Waals surface area contributed by atoms with E-state index in [-0.39, 0.29) is 0 Å². The standard InChI is InChI=1S/2C12H20N2O.Mo.2O/c2*1-4-7-13-11-6-9-14(8-5-2)10(3)12(11)15;;;/h2*6,9,15H,4-5,7-8H2,1-3H3;;;. The molecule has 0 aromatic carbocycles. The van der Waals surface area contributed by atoms with Crippen molar-refractivity contribution in [3.63, 3.8) is 0 Å². The van der Waals surface area contributed by atoms with Gasteiger partial charge >= 0.3 is 25.3 Å². The van der Waals surface area contributed by atoms with Gasteiger partial charge in [-0.1, -0.05) is 27.7 Å². The number of hydrogen-bond donors (Lipinski definition) is 2. The van der Waals surface area contributed by atoms with Crippen LogP contribution in [0.25, 0.3) is 0 Å². The van der Waals surface area contributed by atoms with Crippen molar-refractivity contribution in [1.82, 2.24) is 9.13 Å². The maximum absolute atomic E-state index is 9.92. The fraction of sp³-hybridized carbons (Fsp3) is 0.583. The Kier molecular flexibility index (Phi) is 17.0. The van der Waals surface area contributed by atoms with E-state index in [9.17, 15) is 10.2 Å². The monoisotopic (exact) mass is 546 g/mol. The molecule has 2 heterocycles. The van der Waals surface area contributed by atoms with Crippen molar-refractivity contribution in [2.75, 3.05) is 13.1 Å². The van der Waals surface area contributed by atoms with Gasteiger partial charge in [0.2, 0.25) is 0 Å². The maximum atomic E-state index is 9.92. The Morgan fingerprint density at radius 1 is 0.727 bits per heavy atom. The van der Waals surface area contributed by atoms with E-state index in [0.29, 0.717) is 22.2 Å². The van der Waals surface area contributed by atoms with Crippen molar-refractivity contribution in [3.05, 3.63) is 46.6 Å². The second-order valence-electron chi connectivity index (χ2n) is 7.49. The van der Waals surface area contributed by atoms with E-state index in [1.165, 1.54) is 0 Å². The zero-order chi connectivity index (χ0) is 25.2. The molecule has 8 nitrogen and oxygen atoms in total. The van der Waals surface area contributed by atoms with Gasteiger partial charge in [0.05, 0.1) is 11.4 Å². The molecule has 0 aliphatic heterocycles. The predicted octanol–water partition coefficient (Wildman–Crippen LogP) is 4.21. The topological polar surface area (TPSA) is 109 Å². The molecule has 0 fully saturated rings. The molecule has 2 aromatic rings. The molecule has 33 heavy (non-hydrogen) atoms. The molecule has 0 aliphatic carbocycles. The van der Waals surface area contributed by atoms with Gasteiger partial charge < -0.3 is 19.3 Å². The molecular formula is C24H40MoN4O4. The number of hydrogen-bond acceptors (Lipinski definition) is 6. The first-order valence-corrected chi connectivity index (χ1v) is 13.2. The summed E-state index contributed by atoms with van der Waals surface area (Å²) >= 11 is -2.03. The molecule has 2 aromatic heterocycles. The van der Waals surface area contributed by atoms with Crippen LogP contribution in [-0.4, -0.2) is 32.4 Å². The van der Waals surface area contributed by atoms with Gasteiger partial charge in [-0.25, -0.2) is 0 Å². The van der Waals surface area contributed by atoms with Crippen LogP contribution >= 0.6 is 0 Å². The number of pyridine rings is 2. The summed E-state index contributed by atoms with van der Waals surface area (Å²) in [6.45, 7) is 15.7. The molecule has 0 saturated carbocycles. The molecule has 186 valence electrons. The first-order valence-electron chi connectivity index (χ1n) is 11.5. The van der Waals surface area contributed by atoms with Gasteiger partial charge in [-0.2, -0.15) is 0 Å². The Balaban J connectivity index is 0.000000555. The summed E-state index contributed by atoms with van der Waals surface area (Å²) in [5, 5.41) is 21.3. The van der Waals surface area contributed by atoms with Crippen LogP contribution < -0.4 is 10.7 Å². The van der Waals surface area contributed by atoms with Gasteiger partial charge in [0.25, 0.3) is 0 Å². The van der Waals surface area contributed by atoms with Crippen molar-refractivity contribution in [2.24, 2.45) is 9.98 Å². The summed E-state index contributed by atoms with van der Waals surface area (Å²) in [7, 11) is 0. The molecular weight excluding hydrogens is 504 g/mol. The molecule has 0 amide bonds. The van der Waals surface area contributed by atoms with Crippen molar-refractivity contribution in [1.29, 1.82) is 0 Å². The van der Waals surface area contributed by atoms with E-state index in [0.717, 1.165) is 63.3 Å². The molecule has 2 rings (SSSR count). The van der Waals surface area contributed by atoms with Crippen LogP contribution in [0.1, 0.15) is 64.8 Å².